The van der Waals surface area contributed by atoms with Crippen LogP contribution in [0.2, 0.25) is 0 Å². The Hall–Kier alpha value is -1.78. The maximum atomic E-state index is 11.4. The molecule has 1 heterocycles. The number of hydrazone groups is 1. The minimum absolute atomic E-state index is 0.112. The summed E-state index contributed by atoms with van der Waals surface area (Å²) in [6.07, 6.45) is 9.89. The number of hydrogen-bond donors (Lipinski definition) is 1. The number of amides is 1. The van der Waals surface area contributed by atoms with E-state index in [4.69, 9.17) is 0 Å². The van der Waals surface area contributed by atoms with Gasteiger partial charge < -0.3 is 10.2 Å². The maximum absolute atomic E-state index is 11.4. The molecular weight excluding hydrogens is 276 g/mol. The first-order chi connectivity index (χ1) is 10.7. The van der Waals surface area contributed by atoms with Gasteiger partial charge in [-0.3, -0.25) is 9.80 Å². The lowest BCUT2D eigenvalue weighted by Crippen LogP contribution is -2.52. The smallest absolute Gasteiger partial charge is 0.243 e. The number of nitrogens with zero attached hydrogens (tertiary/aromatic N) is 3. The summed E-state index contributed by atoms with van der Waals surface area (Å²) in [6.45, 7) is 11.7. The SMILES string of the molecule is C=CC(=O)NCC1CN(N=C)/C(=C\C)N(C2CCCCC2)C1. The van der Waals surface area contributed by atoms with Gasteiger partial charge in [-0.25, -0.2) is 0 Å². The third-order valence-electron chi connectivity index (χ3n) is 4.64. The van der Waals surface area contributed by atoms with Crippen molar-refractivity contribution >= 4 is 12.6 Å². The molecule has 1 saturated carbocycles. The summed E-state index contributed by atoms with van der Waals surface area (Å²) < 4.78 is 0. The molecule has 22 heavy (non-hydrogen) atoms. The molecule has 1 N–H and O–H groups in total. The van der Waals surface area contributed by atoms with Crippen LogP contribution < -0.4 is 5.32 Å². The number of hydrogen-bond acceptors (Lipinski definition) is 4. The standard InChI is InChI=1S/C17H28N4O/c1-4-16(22)19-11-14-12-20(15-9-7-6-8-10-15)17(5-2)21(13-14)18-3/h4-5,14-15H,1,3,6-13H2,2H3,(H,19,22)/b17-5-. The van der Waals surface area contributed by atoms with Crippen LogP contribution in [0.4, 0.5) is 0 Å². The molecule has 1 atom stereocenters. The van der Waals surface area contributed by atoms with Gasteiger partial charge in [-0.05, 0) is 31.9 Å². The number of rotatable bonds is 5. The Morgan fingerprint density at radius 1 is 1.36 bits per heavy atom. The largest absolute Gasteiger partial charge is 0.354 e. The summed E-state index contributed by atoms with van der Waals surface area (Å²) in [6, 6.07) is 0.585. The first kappa shape index (κ1) is 16.6. The zero-order chi connectivity index (χ0) is 15.9. The maximum Gasteiger partial charge on any atom is 0.243 e. The number of allylic oxidation sites excluding steroid dienone is 1. The Bertz CT molecular complexity index is 440. The second-order valence-electron chi connectivity index (χ2n) is 6.13. The molecule has 0 bridgehead atoms. The lowest BCUT2D eigenvalue weighted by atomic mass is 9.92. The van der Waals surface area contributed by atoms with Gasteiger partial charge in [-0.15, -0.1) is 0 Å². The second-order valence-corrected chi connectivity index (χ2v) is 6.13. The van der Waals surface area contributed by atoms with Crippen LogP contribution in [0.5, 0.6) is 0 Å². The van der Waals surface area contributed by atoms with Crippen molar-refractivity contribution in [2.45, 2.75) is 45.1 Å². The molecule has 0 radical (unpaired) electrons. The first-order valence-electron chi connectivity index (χ1n) is 8.27. The van der Waals surface area contributed by atoms with E-state index < -0.39 is 0 Å². The third kappa shape index (κ3) is 3.90. The van der Waals surface area contributed by atoms with Crippen molar-refractivity contribution in [1.29, 1.82) is 0 Å². The molecule has 1 saturated heterocycles. The number of nitrogens with one attached hydrogen (secondary N) is 1. The Morgan fingerprint density at radius 2 is 2.09 bits per heavy atom. The average Bonchev–Trinajstić information content (AvgIpc) is 2.59. The summed E-state index contributed by atoms with van der Waals surface area (Å²) in [5.41, 5.74) is 0. The Kier molecular flexibility index (Phi) is 6.04. The Morgan fingerprint density at radius 3 is 2.68 bits per heavy atom. The van der Waals surface area contributed by atoms with E-state index in [1.807, 2.05) is 5.01 Å². The predicted molar refractivity (Wildman–Crippen MR) is 90.3 cm³/mol. The van der Waals surface area contributed by atoms with E-state index in [9.17, 15) is 4.79 Å². The van der Waals surface area contributed by atoms with E-state index in [0.29, 0.717) is 18.5 Å². The van der Waals surface area contributed by atoms with Gasteiger partial charge in [0.25, 0.3) is 0 Å². The van der Waals surface area contributed by atoms with Crippen molar-refractivity contribution < 1.29 is 4.79 Å². The van der Waals surface area contributed by atoms with Crippen molar-refractivity contribution in [3.8, 4) is 0 Å². The topological polar surface area (TPSA) is 47.9 Å². The minimum Gasteiger partial charge on any atom is -0.354 e. The van der Waals surface area contributed by atoms with Gasteiger partial charge in [0, 0.05) is 38.3 Å². The fraction of sp³-hybridized carbons (Fsp3) is 0.647. The van der Waals surface area contributed by atoms with Gasteiger partial charge in [-0.1, -0.05) is 25.8 Å². The van der Waals surface area contributed by atoms with Gasteiger partial charge in [0.15, 0.2) is 0 Å². The first-order valence-corrected chi connectivity index (χ1v) is 8.27. The molecule has 122 valence electrons. The summed E-state index contributed by atoms with van der Waals surface area (Å²) >= 11 is 0. The Balaban J connectivity index is 2.07. The number of carbonyl (C=O) groups is 1. The molecule has 1 aliphatic heterocycles. The fourth-order valence-electron chi connectivity index (χ4n) is 3.54. The Labute approximate surface area is 133 Å². The van der Waals surface area contributed by atoms with Gasteiger partial charge in [0.05, 0.1) is 0 Å². The quantitative estimate of drug-likeness (QED) is 0.626. The highest BCUT2D eigenvalue weighted by atomic mass is 16.1. The molecule has 0 spiro atoms. The van der Waals surface area contributed by atoms with E-state index in [1.165, 1.54) is 38.2 Å². The highest BCUT2D eigenvalue weighted by Crippen LogP contribution is 2.30. The summed E-state index contributed by atoms with van der Waals surface area (Å²) in [4.78, 5) is 13.9. The van der Waals surface area contributed by atoms with E-state index >= 15 is 0 Å². The van der Waals surface area contributed by atoms with Gasteiger partial charge in [-0.2, -0.15) is 5.10 Å². The lowest BCUT2D eigenvalue weighted by Gasteiger charge is -2.46. The molecule has 2 rings (SSSR count). The lowest BCUT2D eigenvalue weighted by molar-refractivity contribution is -0.116. The molecule has 0 aromatic rings. The minimum atomic E-state index is -0.112. The van der Waals surface area contributed by atoms with Crippen LogP contribution >= 0.6 is 0 Å². The van der Waals surface area contributed by atoms with Crippen molar-refractivity contribution in [1.82, 2.24) is 15.2 Å². The van der Waals surface area contributed by atoms with E-state index in [0.717, 1.165) is 18.9 Å². The monoisotopic (exact) mass is 304 g/mol. The zero-order valence-corrected chi connectivity index (χ0v) is 13.6. The molecule has 2 aliphatic rings. The van der Waals surface area contributed by atoms with Crippen LogP contribution in [0.15, 0.2) is 29.7 Å². The fourth-order valence-corrected chi connectivity index (χ4v) is 3.54. The molecule has 1 unspecified atom stereocenters. The molecule has 2 fully saturated rings. The summed E-state index contributed by atoms with van der Waals surface area (Å²) in [7, 11) is 0. The van der Waals surface area contributed by atoms with Gasteiger partial charge in [0.2, 0.25) is 5.91 Å². The van der Waals surface area contributed by atoms with Crippen molar-refractivity contribution in [2.75, 3.05) is 19.6 Å². The van der Waals surface area contributed by atoms with Crippen LogP contribution in [0.1, 0.15) is 39.0 Å². The van der Waals surface area contributed by atoms with Crippen LogP contribution in [0.3, 0.4) is 0 Å². The van der Waals surface area contributed by atoms with Crippen LogP contribution in [-0.4, -0.2) is 48.2 Å². The predicted octanol–water partition coefficient (Wildman–Crippen LogP) is 2.33. The van der Waals surface area contributed by atoms with Crippen molar-refractivity contribution in [3.05, 3.63) is 24.6 Å². The van der Waals surface area contributed by atoms with Crippen molar-refractivity contribution in [3.63, 3.8) is 0 Å². The molecule has 1 amide bonds. The molecule has 1 aliphatic carbocycles. The second kappa shape index (κ2) is 8.01. The van der Waals surface area contributed by atoms with E-state index in [1.54, 1.807) is 0 Å². The normalized spacial score (nSPS) is 25.1. The molecule has 0 aromatic heterocycles. The summed E-state index contributed by atoms with van der Waals surface area (Å²) in [5, 5.41) is 9.07. The molecule has 5 nitrogen and oxygen atoms in total. The molecular formula is C17H28N4O. The number of carbonyl (C=O) groups excluding carboxylic acids is 1. The highest BCUT2D eigenvalue weighted by Gasteiger charge is 2.33. The van der Waals surface area contributed by atoms with Crippen molar-refractivity contribution in [2.24, 2.45) is 11.0 Å². The summed E-state index contributed by atoms with van der Waals surface area (Å²) in [5.74, 6) is 1.40. The van der Waals surface area contributed by atoms with E-state index in [-0.39, 0.29) is 5.91 Å². The van der Waals surface area contributed by atoms with E-state index in [2.05, 4.69) is 41.6 Å². The van der Waals surface area contributed by atoms with Gasteiger partial charge >= 0.3 is 0 Å². The van der Waals surface area contributed by atoms with Crippen LogP contribution in [0, 0.1) is 5.92 Å². The molecule has 0 aromatic carbocycles. The zero-order valence-electron chi connectivity index (χ0n) is 13.6. The van der Waals surface area contributed by atoms with Crippen LogP contribution in [-0.2, 0) is 4.79 Å². The van der Waals surface area contributed by atoms with Gasteiger partial charge in [0.1, 0.15) is 5.82 Å². The molecule has 5 heteroatoms. The van der Waals surface area contributed by atoms with Crippen LogP contribution in [0.25, 0.3) is 0 Å². The third-order valence-corrected chi connectivity index (χ3v) is 4.64. The highest BCUT2D eigenvalue weighted by molar-refractivity contribution is 5.86. The average molecular weight is 304 g/mol.